The maximum atomic E-state index is 9.50. The normalized spacial score (nSPS) is 28.9. The lowest BCUT2D eigenvalue weighted by atomic mass is 10.0. The van der Waals surface area contributed by atoms with Crippen molar-refractivity contribution >= 4 is 6.08 Å². The largest absolute Gasteiger partial charge is 0.389 e. The first-order valence-electron chi connectivity index (χ1n) is 6.30. The third-order valence-corrected chi connectivity index (χ3v) is 3.03. The van der Waals surface area contributed by atoms with Gasteiger partial charge >= 0.3 is 0 Å². The smallest absolute Gasteiger partial charge is 0.108 e. The molecule has 0 aliphatic carbocycles. The van der Waals surface area contributed by atoms with Gasteiger partial charge in [-0.25, -0.2) is 0 Å². The van der Waals surface area contributed by atoms with Crippen molar-refractivity contribution < 1.29 is 20.2 Å². The zero-order valence-electron chi connectivity index (χ0n) is 10.6. The van der Waals surface area contributed by atoms with E-state index in [2.05, 4.69) is 0 Å². The summed E-state index contributed by atoms with van der Waals surface area (Å²) < 4.78 is 0. The Kier molecular flexibility index (Phi) is 5.07. The fourth-order valence-electron chi connectivity index (χ4n) is 1.97. The summed E-state index contributed by atoms with van der Waals surface area (Å²) in [6, 6.07) is 9.84. The van der Waals surface area contributed by atoms with Crippen LogP contribution in [0, 0.1) is 0 Å². The minimum absolute atomic E-state index is 0.192. The molecule has 0 amide bonds. The van der Waals surface area contributed by atoms with Gasteiger partial charge in [0.15, 0.2) is 0 Å². The Hall–Kier alpha value is -1.24. The van der Waals surface area contributed by atoms with E-state index >= 15 is 0 Å². The molecule has 104 valence electrons. The van der Waals surface area contributed by atoms with Crippen molar-refractivity contribution in [3.05, 3.63) is 42.0 Å². The van der Waals surface area contributed by atoms with Crippen LogP contribution in [0.4, 0.5) is 0 Å². The molecule has 1 aliphatic heterocycles. The lowest BCUT2D eigenvalue weighted by Gasteiger charge is -2.35. The molecule has 0 bridgehead atoms. The van der Waals surface area contributed by atoms with Crippen LogP contribution >= 0.6 is 0 Å². The van der Waals surface area contributed by atoms with Gasteiger partial charge in [0.1, 0.15) is 6.10 Å². The number of aliphatic hydroxyl groups excluding tert-OH is 3. The van der Waals surface area contributed by atoms with Gasteiger partial charge in [0.25, 0.3) is 0 Å². The van der Waals surface area contributed by atoms with E-state index in [-0.39, 0.29) is 13.1 Å². The minimum Gasteiger partial charge on any atom is -0.389 e. The van der Waals surface area contributed by atoms with E-state index in [0.717, 1.165) is 5.56 Å². The van der Waals surface area contributed by atoms with Gasteiger partial charge in [0.05, 0.1) is 31.9 Å². The van der Waals surface area contributed by atoms with Crippen LogP contribution < -0.4 is 0 Å². The molecule has 0 aromatic heterocycles. The quantitative estimate of drug-likeness (QED) is 0.716. The van der Waals surface area contributed by atoms with Crippen LogP contribution in [-0.2, 0) is 4.84 Å². The predicted molar refractivity (Wildman–Crippen MR) is 71.0 cm³/mol. The number of aliphatic hydroxyl groups is 3. The topological polar surface area (TPSA) is 73.2 Å². The Morgan fingerprint density at radius 2 is 1.74 bits per heavy atom. The average Bonchev–Trinajstić information content (AvgIpc) is 2.42. The summed E-state index contributed by atoms with van der Waals surface area (Å²) in [6.07, 6.45) is 0.730. The summed E-state index contributed by atoms with van der Waals surface area (Å²) in [5.74, 6) is 0. The highest BCUT2D eigenvalue weighted by atomic mass is 16.7. The Morgan fingerprint density at radius 1 is 1.11 bits per heavy atom. The Morgan fingerprint density at radius 3 is 2.37 bits per heavy atom. The Bertz CT molecular complexity index is 397. The fourth-order valence-corrected chi connectivity index (χ4v) is 1.97. The molecule has 5 heteroatoms. The Labute approximate surface area is 112 Å². The van der Waals surface area contributed by atoms with Crippen LogP contribution in [0.25, 0.3) is 6.08 Å². The second-order valence-corrected chi connectivity index (χ2v) is 4.58. The van der Waals surface area contributed by atoms with E-state index in [1.807, 2.05) is 42.5 Å². The standard InChI is InChI=1S/C14H19NO4/c16-12-9-15(10-13(17)14(12)18)19-8-4-7-11-5-2-1-3-6-11/h1-7,12-14,16-18H,8-10H2/b7-4+. The highest BCUT2D eigenvalue weighted by molar-refractivity contribution is 5.48. The number of nitrogens with zero attached hydrogens (tertiary/aromatic N) is 1. The van der Waals surface area contributed by atoms with E-state index in [9.17, 15) is 15.3 Å². The molecule has 0 spiro atoms. The zero-order chi connectivity index (χ0) is 13.7. The van der Waals surface area contributed by atoms with Gasteiger partial charge in [0.2, 0.25) is 0 Å². The van der Waals surface area contributed by atoms with Gasteiger partial charge < -0.3 is 15.3 Å². The summed E-state index contributed by atoms with van der Waals surface area (Å²) in [7, 11) is 0. The van der Waals surface area contributed by atoms with E-state index in [0.29, 0.717) is 6.61 Å². The maximum Gasteiger partial charge on any atom is 0.108 e. The molecule has 5 nitrogen and oxygen atoms in total. The molecule has 2 atom stereocenters. The van der Waals surface area contributed by atoms with Crippen molar-refractivity contribution in [1.29, 1.82) is 0 Å². The van der Waals surface area contributed by atoms with Gasteiger partial charge in [-0.1, -0.05) is 42.5 Å². The fraction of sp³-hybridized carbons (Fsp3) is 0.429. The van der Waals surface area contributed by atoms with Crippen LogP contribution in [0.3, 0.4) is 0 Å². The van der Waals surface area contributed by atoms with Crippen LogP contribution in [0.2, 0.25) is 0 Å². The molecule has 0 saturated carbocycles. The number of rotatable bonds is 4. The summed E-state index contributed by atoms with van der Waals surface area (Å²) >= 11 is 0. The van der Waals surface area contributed by atoms with E-state index < -0.39 is 18.3 Å². The second kappa shape index (κ2) is 6.79. The van der Waals surface area contributed by atoms with Gasteiger partial charge in [-0.3, -0.25) is 4.84 Å². The number of β-amino-alcohol motifs (C(OH)–C–C–N with tert-alkyl or cyclic N) is 2. The first kappa shape index (κ1) is 14.2. The van der Waals surface area contributed by atoms with E-state index in [1.54, 1.807) is 0 Å². The molecule has 1 aromatic carbocycles. The molecule has 3 N–H and O–H groups in total. The summed E-state index contributed by atoms with van der Waals surface area (Å²) in [4.78, 5) is 5.41. The highest BCUT2D eigenvalue weighted by Crippen LogP contribution is 2.12. The van der Waals surface area contributed by atoms with Crippen LogP contribution in [-0.4, -0.2) is 58.4 Å². The van der Waals surface area contributed by atoms with Gasteiger partial charge in [0, 0.05) is 0 Å². The molecule has 1 aliphatic rings. The van der Waals surface area contributed by atoms with Crippen LogP contribution in [0.15, 0.2) is 36.4 Å². The third kappa shape index (κ3) is 4.12. The molecule has 1 aromatic rings. The summed E-state index contributed by atoms with van der Waals surface area (Å²) in [6.45, 7) is 0.735. The molecule has 2 rings (SSSR count). The van der Waals surface area contributed by atoms with Crippen molar-refractivity contribution in [1.82, 2.24) is 5.06 Å². The van der Waals surface area contributed by atoms with Crippen molar-refractivity contribution in [2.75, 3.05) is 19.7 Å². The minimum atomic E-state index is -1.10. The first-order chi connectivity index (χ1) is 9.16. The van der Waals surface area contributed by atoms with Crippen LogP contribution in [0.1, 0.15) is 5.56 Å². The molecular formula is C14H19NO4. The average molecular weight is 265 g/mol. The summed E-state index contributed by atoms with van der Waals surface area (Å²) in [5, 5.41) is 29.9. The molecule has 0 radical (unpaired) electrons. The molecule has 19 heavy (non-hydrogen) atoms. The Balaban J connectivity index is 1.76. The monoisotopic (exact) mass is 265 g/mol. The van der Waals surface area contributed by atoms with Crippen molar-refractivity contribution in [3.8, 4) is 0 Å². The number of hydrogen-bond acceptors (Lipinski definition) is 5. The van der Waals surface area contributed by atoms with Crippen molar-refractivity contribution in [2.45, 2.75) is 18.3 Å². The van der Waals surface area contributed by atoms with Gasteiger partial charge in [-0.2, -0.15) is 5.06 Å². The number of hydroxylamine groups is 2. The number of hydrogen-bond donors (Lipinski definition) is 3. The molecular weight excluding hydrogens is 246 g/mol. The second-order valence-electron chi connectivity index (χ2n) is 4.58. The first-order valence-corrected chi connectivity index (χ1v) is 6.30. The lowest BCUT2D eigenvalue weighted by molar-refractivity contribution is -0.226. The predicted octanol–water partition coefficient (Wildman–Crippen LogP) is 0.0297. The van der Waals surface area contributed by atoms with Crippen molar-refractivity contribution in [3.63, 3.8) is 0 Å². The third-order valence-electron chi connectivity index (χ3n) is 3.03. The van der Waals surface area contributed by atoms with Gasteiger partial charge in [-0.15, -0.1) is 0 Å². The highest BCUT2D eigenvalue weighted by Gasteiger charge is 2.33. The molecule has 1 fully saturated rings. The van der Waals surface area contributed by atoms with E-state index in [1.165, 1.54) is 5.06 Å². The van der Waals surface area contributed by atoms with E-state index in [4.69, 9.17) is 4.84 Å². The lowest BCUT2D eigenvalue weighted by Crippen LogP contribution is -2.55. The number of benzene rings is 1. The van der Waals surface area contributed by atoms with Crippen LogP contribution in [0.5, 0.6) is 0 Å². The van der Waals surface area contributed by atoms with Gasteiger partial charge in [-0.05, 0) is 5.56 Å². The van der Waals surface area contributed by atoms with Crippen molar-refractivity contribution in [2.24, 2.45) is 0 Å². The SMILES string of the molecule is OC1CN(OC/C=C/c2ccccc2)CC(O)C1O. The zero-order valence-corrected chi connectivity index (χ0v) is 10.6. The number of piperidine rings is 1. The summed E-state index contributed by atoms with van der Waals surface area (Å²) in [5.41, 5.74) is 1.08. The molecule has 1 saturated heterocycles. The maximum absolute atomic E-state index is 9.50. The molecule has 1 heterocycles. The molecule has 2 unspecified atom stereocenters.